The van der Waals surface area contributed by atoms with Gasteiger partial charge in [-0.15, -0.1) is 0 Å². The lowest BCUT2D eigenvalue weighted by atomic mass is 9.87. The first-order valence-electron chi connectivity index (χ1n) is 4.43. The molecule has 1 saturated carbocycles. The Hall–Kier alpha value is -0.300. The highest BCUT2D eigenvalue weighted by atomic mass is 16.3. The summed E-state index contributed by atoms with van der Waals surface area (Å²) in [7, 11) is 0. The summed E-state index contributed by atoms with van der Waals surface area (Å²) in [5, 5.41) is 9.11. The molecule has 0 amide bonds. The first-order valence-corrected chi connectivity index (χ1v) is 4.43. The van der Waals surface area contributed by atoms with Crippen LogP contribution >= 0.6 is 0 Å². The summed E-state index contributed by atoms with van der Waals surface area (Å²) in [6.45, 7) is 8.59. The second kappa shape index (κ2) is 3.40. The van der Waals surface area contributed by atoms with E-state index >= 15 is 0 Å². The van der Waals surface area contributed by atoms with Gasteiger partial charge in [-0.25, -0.2) is 0 Å². The third kappa shape index (κ3) is 1.64. The molecule has 0 radical (unpaired) electrons. The highest BCUT2D eigenvalue weighted by molar-refractivity contribution is 5.03. The second-order valence-corrected chi connectivity index (χ2v) is 3.85. The normalized spacial score (nSPS) is 37.5. The SMILES string of the molecule is C=C(C)[C@H]1CC[C@@H](C)[C@H]1CO. The summed E-state index contributed by atoms with van der Waals surface area (Å²) >= 11 is 0. The van der Waals surface area contributed by atoms with Gasteiger partial charge in [0.15, 0.2) is 0 Å². The zero-order chi connectivity index (χ0) is 8.43. The van der Waals surface area contributed by atoms with E-state index in [0.717, 1.165) is 0 Å². The van der Waals surface area contributed by atoms with Crippen LogP contribution in [0.2, 0.25) is 0 Å². The second-order valence-electron chi connectivity index (χ2n) is 3.85. The molecule has 1 heteroatoms. The number of hydrogen-bond acceptors (Lipinski definition) is 1. The van der Waals surface area contributed by atoms with Gasteiger partial charge in [0.25, 0.3) is 0 Å². The Morgan fingerprint density at radius 3 is 2.55 bits per heavy atom. The summed E-state index contributed by atoms with van der Waals surface area (Å²) in [6.07, 6.45) is 2.48. The first-order chi connectivity index (χ1) is 5.16. The largest absolute Gasteiger partial charge is 0.396 e. The third-order valence-electron chi connectivity index (χ3n) is 3.02. The van der Waals surface area contributed by atoms with Crippen LogP contribution in [0.25, 0.3) is 0 Å². The van der Waals surface area contributed by atoms with Crippen LogP contribution in [0.3, 0.4) is 0 Å². The molecule has 1 aliphatic rings. The van der Waals surface area contributed by atoms with Gasteiger partial charge in [0, 0.05) is 6.61 Å². The van der Waals surface area contributed by atoms with Crippen molar-refractivity contribution >= 4 is 0 Å². The van der Waals surface area contributed by atoms with Crippen molar-refractivity contribution in [3.05, 3.63) is 12.2 Å². The van der Waals surface area contributed by atoms with Crippen LogP contribution in [0.5, 0.6) is 0 Å². The van der Waals surface area contributed by atoms with Crippen molar-refractivity contribution < 1.29 is 5.11 Å². The predicted molar refractivity (Wildman–Crippen MR) is 47.3 cm³/mol. The third-order valence-corrected chi connectivity index (χ3v) is 3.02. The van der Waals surface area contributed by atoms with Gasteiger partial charge in [-0.3, -0.25) is 0 Å². The number of hydrogen-bond donors (Lipinski definition) is 1. The van der Waals surface area contributed by atoms with E-state index in [1.807, 2.05) is 0 Å². The van der Waals surface area contributed by atoms with Crippen molar-refractivity contribution in [3.63, 3.8) is 0 Å². The standard InChI is InChI=1S/C10H18O/c1-7(2)9-5-4-8(3)10(9)6-11/h8-11H,1,4-6H2,2-3H3/t8-,9-,10-/m1/s1. The van der Waals surface area contributed by atoms with Crippen LogP contribution in [0, 0.1) is 17.8 Å². The predicted octanol–water partition coefficient (Wildman–Crippen LogP) is 2.22. The smallest absolute Gasteiger partial charge is 0.0467 e. The Morgan fingerprint density at radius 1 is 1.55 bits per heavy atom. The van der Waals surface area contributed by atoms with Crippen molar-refractivity contribution in [2.24, 2.45) is 17.8 Å². The van der Waals surface area contributed by atoms with Gasteiger partial charge >= 0.3 is 0 Å². The Labute approximate surface area is 69.1 Å². The zero-order valence-electron chi connectivity index (χ0n) is 7.51. The van der Waals surface area contributed by atoms with Crippen LogP contribution < -0.4 is 0 Å². The Kier molecular flexibility index (Phi) is 2.72. The molecular weight excluding hydrogens is 136 g/mol. The maximum atomic E-state index is 9.11. The molecule has 0 saturated heterocycles. The average molecular weight is 154 g/mol. The Morgan fingerprint density at radius 2 is 2.18 bits per heavy atom. The van der Waals surface area contributed by atoms with Gasteiger partial charge < -0.3 is 5.11 Å². The fraction of sp³-hybridized carbons (Fsp3) is 0.800. The summed E-state index contributed by atoms with van der Waals surface area (Å²) < 4.78 is 0. The maximum absolute atomic E-state index is 9.11. The van der Waals surface area contributed by atoms with Crippen molar-refractivity contribution in [2.45, 2.75) is 26.7 Å². The summed E-state index contributed by atoms with van der Waals surface area (Å²) in [4.78, 5) is 0. The van der Waals surface area contributed by atoms with Crippen LogP contribution in [-0.2, 0) is 0 Å². The molecule has 1 rings (SSSR count). The van der Waals surface area contributed by atoms with E-state index in [4.69, 9.17) is 5.11 Å². The minimum absolute atomic E-state index is 0.332. The molecule has 1 aliphatic carbocycles. The van der Waals surface area contributed by atoms with Gasteiger partial charge in [0.1, 0.15) is 0 Å². The number of rotatable bonds is 2. The van der Waals surface area contributed by atoms with Crippen LogP contribution in [-0.4, -0.2) is 11.7 Å². The molecule has 3 atom stereocenters. The highest BCUT2D eigenvalue weighted by Crippen LogP contribution is 2.39. The molecule has 1 fully saturated rings. The lowest BCUT2D eigenvalue weighted by Gasteiger charge is -2.20. The molecule has 1 N–H and O–H groups in total. The molecule has 0 aliphatic heterocycles. The average Bonchev–Trinajstić information content (AvgIpc) is 2.30. The minimum Gasteiger partial charge on any atom is -0.396 e. The fourth-order valence-electron chi connectivity index (χ4n) is 2.19. The first kappa shape index (κ1) is 8.79. The molecule has 1 nitrogen and oxygen atoms in total. The summed E-state index contributed by atoms with van der Waals surface area (Å²) in [6, 6.07) is 0. The number of allylic oxidation sites excluding steroid dienone is 1. The molecular formula is C10H18O. The molecule has 0 spiro atoms. The van der Waals surface area contributed by atoms with E-state index in [2.05, 4.69) is 20.4 Å². The van der Waals surface area contributed by atoms with Gasteiger partial charge in [0.2, 0.25) is 0 Å². The maximum Gasteiger partial charge on any atom is 0.0467 e. The molecule has 0 unspecified atom stereocenters. The van der Waals surface area contributed by atoms with E-state index in [1.54, 1.807) is 0 Å². The van der Waals surface area contributed by atoms with Crippen LogP contribution in [0.1, 0.15) is 26.7 Å². The summed E-state index contributed by atoms with van der Waals surface area (Å²) in [5.74, 6) is 1.74. The van der Waals surface area contributed by atoms with Gasteiger partial charge in [-0.05, 0) is 37.5 Å². The molecule has 0 aromatic rings. The number of aliphatic hydroxyl groups is 1. The minimum atomic E-state index is 0.332. The monoisotopic (exact) mass is 154 g/mol. The lowest BCUT2D eigenvalue weighted by Crippen LogP contribution is -2.17. The summed E-state index contributed by atoms with van der Waals surface area (Å²) in [5.41, 5.74) is 1.24. The van der Waals surface area contributed by atoms with Gasteiger partial charge in [0.05, 0.1) is 0 Å². The van der Waals surface area contributed by atoms with Crippen LogP contribution in [0.15, 0.2) is 12.2 Å². The van der Waals surface area contributed by atoms with Gasteiger partial charge in [-0.2, -0.15) is 0 Å². The van der Waals surface area contributed by atoms with Crippen LogP contribution in [0.4, 0.5) is 0 Å². The van der Waals surface area contributed by atoms with E-state index in [-0.39, 0.29) is 0 Å². The Balaban J connectivity index is 2.61. The van der Waals surface area contributed by atoms with Crippen molar-refractivity contribution in [3.8, 4) is 0 Å². The van der Waals surface area contributed by atoms with Gasteiger partial charge in [-0.1, -0.05) is 19.1 Å². The molecule has 0 aromatic carbocycles. The van der Waals surface area contributed by atoms with Crippen molar-refractivity contribution in [1.82, 2.24) is 0 Å². The lowest BCUT2D eigenvalue weighted by molar-refractivity contribution is 0.178. The molecule has 64 valence electrons. The van der Waals surface area contributed by atoms with Crippen molar-refractivity contribution in [2.75, 3.05) is 6.61 Å². The molecule has 0 bridgehead atoms. The highest BCUT2D eigenvalue weighted by Gasteiger charge is 2.32. The fourth-order valence-corrected chi connectivity index (χ4v) is 2.19. The Bertz CT molecular complexity index is 151. The zero-order valence-corrected chi connectivity index (χ0v) is 7.51. The van der Waals surface area contributed by atoms with Crippen molar-refractivity contribution in [1.29, 1.82) is 0 Å². The topological polar surface area (TPSA) is 20.2 Å². The van der Waals surface area contributed by atoms with E-state index in [1.165, 1.54) is 18.4 Å². The number of aliphatic hydroxyl groups excluding tert-OH is 1. The van der Waals surface area contributed by atoms with E-state index in [9.17, 15) is 0 Å². The quantitative estimate of drug-likeness (QED) is 0.605. The van der Waals surface area contributed by atoms with E-state index < -0.39 is 0 Å². The molecule has 11 heavy (non-hydrogen) atoms. The molecule has 0 aromatic heterocycles. The van der Waals surface area contributed by atoms with E-state index in [0.29, 0.717) is 24.4 Å². The molecule has 0 heterocycles.